The predicted octanol–water partition coefficient (Wildman–Crippen LogP) is 0.415. The third-order valence-electron chi connectivity index (χ3n) is 5.55. The number of nitrogens with zero attached hydrogens (tertiary/aromatic N) is 4. The summed E-state index contributed by atoms with van der Waals surface area (Å²) in [4.78, 5) is 44.5. The molecular weight excluding hydrogens is 406 g/mol. The maximum absolute atomic E-state index is 12.5. The molecule has 0 spiro atoms. The molecular formula is C20H29N5O6. The van der Waals surface area contributed by atoms with Crippen LogP contribution >= 0.6 is 0 Å². The lowest BCUT2D eigenvalue weighted by Gasteiger charge is -2.22. The highest BCUT2D eigenvalue weighted by Gasteiger charge is 2.27. The van der Waals surface area contributed by atoms with Crippen LogP contribution in [-0.2, 0) is 20.9 Å². The summed E-state index contributed by atoms with van der Waals surface area (Å²) >= 11 is 0. The Kier molecular flexibility index (Phi) is 9.27. The molecule has 31 heavy (non-hydrogen) atoms. The summed E-state index contributed by atoms with van der Waals surface area (Å²) in [7, 11) is 0. The molecule has 2 aliphatic rings. The van der Waals surface area contributed by atoms with Crippen LogP contribution in [0.25, 0.3) is 0 Å². The maximum atomic E-state index is 12.5. The molecule has 1 atom stereocenters. The van der Waals surface area contributed by atoms with E-state index in [-0.39, 0.29) is 24.2 Å². The minimum atomic E-state index is -1.82. The second-order valence-electron chi connectivity index (χ2n) is 7.63. The van der Waals surface area contributed by atoms with E-state index in [4.69, 9.17) is 25.1 Å². The van der Waals surface area contributed by atoms with Gasteiger partial charge in [-0.2, -0.15) is 5.26 Å². The monoisotopic (exact) mass is 435 g/mol. The minimum absolute atomic E-state index is 0.0313. The van der Waals surface area contributed by atoms with Crippen LogP contribution in [0.3, 0.4) is 0 Å². The van der Waals surface area contributed by atoms with E-state index in [0.29, 0.717) is 25.7 Å². The minimum Gasteiger partial charge on any atom is -0.473 e. The van der Waals surface area contributed by atoms with Gasteiger partial charge in [-0.15, -0.1) is 0 Å². The van der Waals surface area contributed by atoms with Gasteiger partial charge in [0.25, 0.3) is 0 Å². The van der Waals surface area contributed by atoms with Crippen LogP contribution in [0.15, 0.2) is 17.2 Å². The van der Waals surface area contributed by atoms with E-state index >= 15 is 0 Å². The third-order valence-corrected chi connectivity index (χ3v) is 5.55. The second-order valence-corrected chi connectivity index (χ2v) is 7.63. The lowest BCUT2D eigenvalue weighted by Crippen LogP contribution is -2.41. The molecule has 11 heteroatoms. The highest BCUT2D eigenvalue weighted by atomic mass is 16.4. The first-order chi connectivity index (χ1) is 14.8. The van der Waals surface area contributed by atoms with Gasteiger partial charge in [-0.05, 0) is 25.7 Å². The van der Waals surface area contributed by atoms with Gasteiger partial charge < -0.3 is 20.4 Å². The number of hydrogen-bond acceptors (Lipinski definition) is 6. The fraction of sp³-hybridized carbons (Fsp3) is 0.650. The van der Waals surface area contributed by atoms with Gasteiger partial charge in [-0.1, -0.05) is 19.3 Å². The number of nitriles is 1. The van der Waals surface area contributed by atoms with Crippen molar-refractivity contribution in [2.45, 2.75) is 63.6 Å². The first-order valence-corrected chi connectivity index (χ1v) is 10.5. The van der Waals surface area contributed by atoms with E-state index in [1.165, 1.54) is 19.3 Å². The molecule has 2 fully saturated rings. The van der Waals surface area contributed by atoms with E-state index < -0.39 is 11.9 Å². The number of likely N-dealkylation sites (tertiary alicyclic amines) is 1. The number of nitrogens with one attached hydrogen (secondary N) is 1. The van der Waals surface area contributed by atoms with Crippen molar-refractivity contribution in [1.82, 2.24) is 19.4 Å². The lowest BCUT2D eigenvalue weighted by atomic mass is 9.95. The number of rotatable bonds is 6. The van der Waals surface area contributed by atoms with Crippen LogP contribution in [0.2, 0.25) is 0 Å². The van der Waals surface area contributed by atoms with Gasteiger partial charge in [0.2, 0.25) is 5.91 Å². The Hall–Kier alpha value is -3.13. The van der Waals surface area contributed by atoms with Gasteiger partial charge in [0.15, 0.2) is 0 Å². The Bertz CT molecular complexity index is 852. The predicted molar refractivity (Wildman–Crippen MR) is 109 cm³/mol. The first-order valence-electron chi connectivity index (χ1n) is 10.5. The van der Waals surface area contributed by atoms with Crippen LogP contribution in [-0.4, -0.2) is 67.8 Å². The van der Waals surface area contributed by atoms with Crippen molar-refractivity contribution in [2.24, 2.45) is 0 Å². The van der Waals surface area contributed by atoms with Gasteiger partial charge in [0.1, 0.15) is 6.04 Å². The van der Waals surface area contributed by atoms with Crippen molar-refractivity contribution in [2.75, 3.05) is 19.6 Å². The summed E-state index contributed by atoms with van der Waals surface area (Å²) in [6.07, 6.45) is 11.3. The molecule has 1 unspecified atom stereocenters. The zero-order valence-electron chi connectivity index (χ0n) is 17.4. The molecule has 1 aliphatic carbocycles. The van der Waals surface area contributed by atoms with Gasteiger partial charge in [0, 0.05) is 38.1 Å². The smallest absolute Gasteiger partial charge is 0.414 e. The number of amides is 1. The second kappa shape index (κ2) is 11.9. The Morgan fingerprint density at radius 1 is 1.06 bits per heavy atom. The average Bonchev–Trinajstić information content (AvgIpc) is 3.39. The molecule has 170 valence electrons. The molecule has 1 saturated heterocycles. The zero-order chi connectivity index (χ0) is 22.8. The first kappa shape index (κ1) is 24.1. The largest absolute Gasteiger partial charge is 0.473 e. The van der Waals surface area contributed by atoms with Crippen LogP contribution in [0.1, 0.15) is 51.0 Å². The van der Waals surface area contributed by atoms with Gasteiger partial charge in [0.05, 0.1) is 12.6 Å². The molecule has 1 aromatic rings. The molecule has 1 aromatic heterocycles. The topological polar surface area (TPSA) is 158 Å². The molecule has 3 rings (SSSR count). The SMILES string of the molecule is N#CC1CCCN1C(=O)CNCCn1ccn(C2CCCCC2)c1=O.O=C(O)C(=O)O. The fourth-order valence-electron chi connectivity index (χ4n) is 3.93. The van der Waals surface area contributed by atoms with Crippen molar-refractivity contribution in [3.8, 4) is 6.07 Å². The number of imidazole rings is 1. The van der Waals surface area contributed by atoms with Crippen molar-refractivity contribution in [3.63, 3.8) is 0 Å². The Morgan fingerprint density at radius 2 is 1.74 bits per heavy atom. The van der Waals surface area contributed by atoms with Crippen LogP contribution in [0.5, 0.6) is 0 Å². The van der Waals surface area contributed by atoms with Crippen molar-refractivity contribution in [3.05, 3.63) is 22.9 Å². The number of aromatic nitrogens is 2. The van der Waals surface area contributed by atoms with Gasteiger partial charge >= 0.3 is 17.6 Å². The molecule has 11 nitrogen and oxygen atoms in total. The molecule has 1 amide bonds. The summed E-state index contributed by atoms with van der Waals surface area (Å²) < 4.78 is 3.58. The molecule has 3 N–H and O–H groups in total. The number of hydrogen-bond donors (Lipinski definition) is 3. The zero-order valence-corrected chi connectivity index (χ0v) is 17.4. The molecule has 1 aliphatic heterocycles. The summed E-state index contributed by atoms with van der Waals surface area (Å²) in [5.74, 6) is -3.68. The summed E-state index contributed by atoms with van der Waals surface area (Å²) in [5.41, 5.74) is 0.0455. The summed E-state index contributed by atoms with van der Waals surface area (Å²) in [6, 6.07) is 2.25. The van der Waals surface area contributed by atoms with E-state index in [1.807, 2.05) is 17.0 Å². The highest BCUT2D eigenvalue weighted by molar-refractivity contribution is 6.27. The lowest BCUT2D eigenvalue weighted by molar-refractivity contribution is -0.159. The van der Waals surface area contributed by atoms with Crippen LogP contribution in [0.4, 0.5) is 0 Å². The van der Waals surface area contributed by atoms with Crippen molar-refractivity contribution in [1.29, 1.82) is 5.26 Å². The molecule has 0 aromatic carbocycles. The van der Waals surface area contributed by atoms with Crippen LogP contribution in [0, 0.1) is 11.3 Å². The van der Waals surface area contributed by atoms with Crippen LogP contribution < -0.4 is 11.0 Å². The maximum Gasteiger partial charge on any atom is 0.414 e. The van der Waals surface area contributed by atoms with E-state index in [2.05, 4.69) is 11.4 Å². The Morgan fingerprint density at radius 3 is 2.35 bits per heavy atom. The molecule has 1 saturated carbocycles. The highest BCUT2D eigenvalue weighted by Crippen LogP contribution is 2.26. The van der Waals surface area contributed by atoms with Gasteiger partial charge in [-0.25, -0.2) is 14.4 Å². The molecule has 0 radical (unpaired) electrons. The fourth-order valence-corrected chi connectivity index (χ4v) is 3.93. The summed E-state index contributed by atoms with van der Waals surface area (Å²) in [6.45, 7) is 2.00. The molecule has 2 heterocycles. The number of carbonyl (C=O) groups excluding carboxylic acids is 1. The summed E-state index contributed by atoms with van der Waals surface area (Å²) in [5, 5.41) is 26.9. The number of aliphatic carboxylic acids is 2. The molecule has 0 bridgehead atoms. The standard InChI is InChI=1S/C18H27N5O2.C2H2O4/c19-13-16-7-4-9-22(16)17(24)14-20-8-10-21-11-12-23(18(21)25)15-5-2-1-3-6-15;3-1(4)2(5)6/h11-12,15-16,20H,1-10,14H2;(H,3,4)(H,5,6). The normalized spacial score (nSPS) is 18.7. The Balaban J connectivity index is 0.000000501. The Labute approximate surface area is 179 Å². The van der Waals surface area contributed by atoms with E-state index in [0.717, 1.165) is 25.7 Å². The van der Waals surface area contributed by atoms with Crippen molar-refractivity contribution >= 4 is 17.8 Å². The third kappa shape index (κ3) is 6.96. The number of carboxylic acid groups (broad SMARTS) is 2. The quantitative estimate of drug-likeness (QED) is 0.428. The van der Waals surface area contributed by atoms with E-state index in [9.17, 15) is 9.59 Å². The van der Waals surface area contributed by atoms with Gasteiger partial charge in [-0.3, -0.25) is 13.9 Å². The average molecular weight is 435 g/mol. The van der Waals surface area contributed by atoms with E-state index in [1.54, 1.807) is 9.47 Å². The number of carbonyl (C=O) groups is 3. The van der Waals surface area contributed by atoms with Crippen molar-refractivity contribution < 1.29 is 24.6 Å². The number of carboxylic acids is 2.